The van der Waals surface area contributed by atoms with Gasteiger partial charge in [0, 0.05) is 16.8 Å². The highest BCUT2D eigenvalue weighted by molar-refractivity contribution is 6.33. The second kappa shape index (κ2) is 15.9. The lowest BCUT2D eigenvalue weighted by Gasteiger charge is -2.32. The van der Waals surface area contributed by atoms with Crippen LogP contribution >= 0.6 is 0 Å². The van der Waals surface area contributed by atoms with Gasteiger partial charge in [0.2, 0.25) is 0 Å². The van der Waals surface area contributed by atoms with Crippen molar-refractivity contribution in [3.05, 3.63) is 295 Å². The standard InChI is InChI=1S/C71H45N/c1-4-21-47(22-5-1)60-45-61(48-23-6-2-7-24-48)69-58-34-13-12-30-53(58)62-43-50(40-42-59(62)70(69)68(60)49-26-8-3-9-27-49)72(67-38-20-28-46-25-10-11-29-52(46)67)51-39-41-57-56-33-16-19-37-65(56)71(66(57)44-51)63-35-17-14-31-54(63)55-32-15-18-36-64(55)71/h1-45H. The molecule has 0 radical (unpaired) electrons. The van der Waals surface area contributed by atoms with Gasteiger partial charge >= 0.3 is 0 Å². The molecule has 2 aliphatic carbocycles. The minimum Gasteiger partial charge on any atom is -0.310 e. The summed E-state index contributed by atoms with van der Waals surface area (Å²) in [6.07, 6.45) is 0. The first-order valence-corrected chi connectivity index (χ1v) is 25.1. The summed E-state index contributed by atoms with van der Waals surface area (Å²) in [4.78, 5) is 2.53. The molecule has 0 saturated heterocycles. The fourth-order valence-corrected chi connectivity index (χ4v) is 12.9. The zero-order valence-corrected chi connectivity index (χ0v) is 39.4. The lowest BCUT2D eigenvalue weighted by Crippen LogP contribution is -2.26. The largest absolute Gasteiger partial charge is 0.310 e. The van der Waals surface area contributed by atoms with Crippen LogP contribution in [0.1, 0.15) is 22.3 Å². The Hall–Kier alpha value is -9.30. The summed E-state index contributed by atoms with van der Waals surface area (Å²) >= 11 is 0. The second-order valence-corrected chi connectivity index (χ2v) is 19.4. The molecular formula is C71H45N. The Morgan fingerprint density at radius 3 is 1.38 bits per heavy atom. The van der Waals surface area contributed by atoms with Crippen molar-refractivity contribution in [2.75, 3.05) is 4.90 Å². The molecule has 0 saturated carbocycles. The van der Waals surface area contributed by atoms with E-state index < -0.39 is 5.41 Å². The maximum Gasteiger partial charge on any atom is 0.0726 e. The van der Waals surface area contributed by atoms with E-state index in [1.54, 1.807) is 0 Å². The van der Waals surface area contributed by atoms with Crippen molar-refractivity contribution in [3.63, 3.8) is 0 Å². The van der Waals surface area contributed by atoms with Gasteiger partial charge in [-0.2, -0.15) is 0 Å². The highest BCUT2D eigenvalue weighted by Crippen LogP contribution is 2.63. The third-order valence-electron chi connectivity index (χ3n) is 15.8. The maximum absolute atomic E-state index is 2.53. The molecule has 334 valence electrons. The van der Waals surface area contributed by atoms with Crippen LogP contribution in [-0.2, 0) is 5.41 Å². The smallest absolute Gasteiger partial charge is 0.0726 e. The summed E-state index contributed by atoms with van der Waals surface area (Å²) < 4.78 is 0. The van der Waals surface area contributed by atoms with Crippen LogP contribution in [0.3, 0.4) is 0 Å². The Kier molecular flexibility index (Phi) is 8.94. The van der Waals surface area contributed by atoms with E-state index in [0.717, 1.165) is 17.1 Å². The Morgan fingerprint density at radius 1 is 0.250 bits per heavy atom. The summed E-state index contributed by atoms with van der Waals surface area (Å²) in [6.45, 7) is 0. The predicted molar refractivity (Wildman–Crippen MR) is 304 cm³/mol. The average molecular weight is 912 g/mol. The lowest BCUT2D eigenvalue weighted by atomic mass is 9.70. The molecule has 1 heteroatoms. The summed E-state index contributed by atoms with van der Waals surface area (Å²) in [5.74, 6) is 0. The zero-order valence-electron chi connectivity index (χ0n) is 39.4. The third-order valence-corrected chi connectivity index (χ3v) is 15.8. The van der Waals surface area contributed by atoms with Gasteiger partial charge in [-0.05, 0) is 152 Å². The number of hydrogen-bond donors (Lipinski definition) is 0. The Morgan fingerprint density at radius 2 is 0.722 bits per heavy atom. The molecule has 0 unspecified atom stereocenters. The molecule has 72 heavy (non-hydrogen) atoms. The quantitative estimate of drug-likeness (QED) is 0.150. The molecule has 1 nitrogen and oxygen atoms in total. The van der Waals surface area contributed by atoms with Crippen LogP contribution in [0.2, 0.25) is 0 Å². The van der Waals surface area contributed by atoms with E-state index in [1.807, 2.05) is 0 Å². The van der Waals surface area contributed by atoms with Crippen LogP contribution in [0.15, 0.2) is 273 Å². The first kappa shape index (κ1) is 40.6. The average Bonchev–Trinajstić information content (AvgIpc) is 3.92. The van der Waals surface area contributed by atoms with Gasteiger partial charge in [0.15, 0.2) is 0 Å². The van der Waals surface area contributed by atoms with E-state index >= 15 is 0 Å². The van der Waals surface area contributed by atoms with Gasteiger partial charge in [-0.3, -0.25) is 0 Å². The third kappa shape index (κ3) is 5.77. The Labute approximate surface area is 419 Å². The topological polar surface area (TPSA) is 3.24 Å². The van der Waals surface area contributed by atoms with Crippen molar-refractivity contribution in [1.82, 2.24) is 0 Å². The monoisotopic (exact) mass is 911 g/mol. The first-order chi connectivity index (χ1) is 35.8. The molecule has 0 heterocycles. The van der Waals surface area contributed by atoms with Crippen molar-refractivity contribution in [1.29, 1.82) is 0 Å². The van der Waals surface area contributed by atoms with E-state index in [1.165, 1.54) is 121 Å². The number of hydrogen-bond acceptors (Lipinski definition) is 1. The lowest BCUT2D eigenvalue weighted by molar-refractivity contribution is 0.793. The first-order valence-electron chi connectivity index (χ1n) is 25.1. The molecule has 13 aromatic carbocycles. The van der Waals surface area contributed by atoms with E-state index in [9.17, 15) is 0 Å². The van der Waals surface area contributed by atoms with Crippen LogP contribution in [0.5, 0.6) is 0 Å². The molecule has 0 aliphatic heterocycles. The van der Waals surface area contributed by atoms with Crippen LogP contribution in [0, 0.1) is 0 Å². The highest BCUT2D eigenvalue weighted by atomic mass is 15.1. The molecule has 0 amide bonds. The number of rotatable bonds is 6. The van der Waals surface area contributed by atoms with Crippen LogP contribution in [0.4, 0.5) is 17.1 Å². The van der Waals surface area contributed by atoms with Crippen molar-refractivity contribution in [2.45, 2.75) is 5.41 Å². The fourth-order valence-electron chi connectivity index (χ4n) is 12.9. The van der Waals surface area contributed by atoms with Gasteiger partial charge in [0.25, 0.3) is 0 Å². The van der Waals surface area contributed by atoms with Crippen molar-refractivity contribution >= 4 is 60.2 Å². The number of fused-ring (bicyclic) bond motifs is 17. The molecule has 2 aliphatic rings. The van der Waals surface area contributed by atoms with E-state index in [4.69, 9.17) is 0 Å². The molecular weight excluding hydrogens is 867 g/mol. The normalized spacial score (nSPS) is 12.8. The summed E-state index contributed by atoms with van der Waals surface area (Å²) in [5, 5.41) is 9.83. The van der Waals surface area contributed by atoms with Gasteiger partial charge < -0.3 is 4.90 Å². The molecule has 0 N–H and O–H groups in total. The van der Waals surface area contributed by atoms with Crippen molar-refractivity contribution < 1.29 is 0 Å². The predicted octanol–water partition coefficient (Wildman–Crippen LogP) is 19.1. The number of nitrogens with zero attached hydrogens (tertiary/aromatic N) is 1. The van der Waals surface area contributed by atoms with Gasteiger partial charge in [0.1, 0.15) is 0 Å². The maximum atomic E-state index is 2.53. The summed E-state index contributed by atoms with van der Waals surface area (Å²) in [5.41, 5.74) is 20.7. The molecule has 1 spiro atoms. The van der Waals surface area contributed by atoms with Gasteiger partial charge in [0.05, 0.1) is 11.1 Å². The van der Waals surface area contributed by atoms with Crippen LogP contribution < -0.4 is 4.90 Å². The fraction of sp³-hybridized carbons (Fsp3) is 0.0141. The minimum atomic E-state index is -0.473. The minimum absolute atomic E-state index is 0.473. The van der Waals surface area contributed by atoms with Crippen LogP contribution in [-0.4, -0.2) is 0 Å². The summed E-state index contributed by atoms with van der Waals surface area (Å²) in [6, 6.07) is 102. The van der Waals surface area contributed by atoms with E-state index in [-0.39, 0.29) is 0 Å². The van der Waals surface area contributed by atoms with Crippen molar-refractivity contribution in [3.8, 4) is 55.6 Å². The van der Waals surface area contributed by atoms with Gasteiger partial charge in [-0.15, -0.1) is 0 Å². The zero-order chi connectivity index (χ0) is 47.3. The molecule has 0 atom stereocenters. The van der Waals surface area contributed by atoms with E-state index in [2.05, 4.69) is 278 Å². The number of anilines is 3. The molecule has 13 aromatic rings. The van der Waals surface area contributed by atoms with Gasteiger partial charge in [-0.1, -0.05) is 237 Å². The SMILES string of the molecule is c1ccc(-c2cc(-c3ccccc3)c3c4ccccc4c4cc(N(c5ccc6c(c5)C5(c7ccccc7-c7ccccc75)c5ccccc5-6)c5cccc6ccccc56)ccc4c3c2-c2ccccc2)cc1. The molecule has 0 aromatic heterocycles. The second-order valence-electron chi connectivity index (χ2n) is 19.4. The Bertz CT molecular complexity index is 4250. The number of benzene rings is 13. The van der Waals surface area contributed by atoms with Gasteiger partial charge in [-0.25, -0.2) is 0 Å². The summed E-state index contributed by atoms with van der Waals surface area (Å²) in [7, 11) is 0. The molecule has 15 rings (SSSR count). The Balaban J connectivity index is 1.05. The molecule has 0 fully saturated rings. The molecule has 0 bridgehead atoms. The van der Waals surface area contributed by atoms with E-state index in [0.29, 0.717) is 0 Å². The van der Waals surface area contributed by atoms with Crippen LogP contribution in [0.25, 0.3) is 98.7 Å². The highest BCUT2D eigenvalue weighted by Gasteiger charge is 2.51. The van der Waals surface area contributed by atoms with Crippen molar-refractivity contribution in [2.24, 2.45) is 0 Å².